The molecule has 0 N–H and O–H groups in total. The van der Waals surface area contributed by atoms with Crippen LogP contribution in [0.25, 0.3) is 10.9 Å². The molecule has 0 bridgehead atoms. The molecule has 0 saturated heterocycles. The summed E-state index contributed by atoms with van der Waals surface area (Å²) in [7, 11) is 1.52. The topological polar surface area (TPSA) is 57.7 Å². The van der Waals surface area contributed by atoms with E-state index in [0.717, 1.165) is 10.9 Å². The zero-order chi connectivity index (χ0) is 14.5. The van der Waals surface area contributed by atoms with Crippen molar-refractivity contribution < 1.29 is 19.0 Å². The van der Waals surface area contributed by atoms with Crippen LogP contribution in [-0.2, 0) is 4.74 Å². The van der Waals surface area contributed by atoms with Crippen molar-refractivity contribution in [2.24, 2.45) is 0 Å². The minimum atomic E-state index is -0.444. The molecule has 2 rings (SSSR count). The van der Waals surface area contributed by atoms with E-state index in [-0.39, 0.29) is 0 Å². The highest BCUT2D eigenvalue weighted by Gasteiger charge is 2.17. The van der Waals surface area contributed by atoms with Crippen LogP contribution in [0.2, 0.25) is 0 Å². The number of benzene rings is 1. The average molecular weight is 275 g/mol. The van der Waals surface area contributed by atoms with Crippen molar-refractivity contribution >= 4 is 16.9 Å². The minimum absolute atomic E-state index is 0.305. The second kappa shape index (κ2) is 6.23. The van der Waals surface area contributed by atoms with Crippen LogP contribution >= 0.6 is 0 Å². The zero-order valence-corrected chi connectivity index (χ0v) is 11.8. The van der Waals surface area contributed by atoms with Gasteiger partial charge in [0, 0.05) is 11.6 Å². The Hall–Kier alpha value is -2.30. The van der Waals surface area contributed by atoms with Crippen molar-refractivity contribution in [3.05, 3.63) is 30.0 Å². The number of carbonyl (C=O) groups excluding carboxylic acids is 1. The zero-order valence-electron chi connectivity index (χ0n) is 11.8. The lowest BCUT2D eigenvalue weighted by molar-refractivity contribution is 0.0522. The highest BCUT2D eigenvalue weighted by Crippen LogP contribution is 2.31. The summed E-state index contributed by atoms with van der Waals surface area (Å²) in [6.45, 7) is 4.54. The maximum Gasteiger partial charge on any atom is 0.343 e. The Morgan fingerprint density at radius 1 is 1.25 bits per heavy atom. The Labute approximate surface area is 117 Å². The largest absolute Gasteiger partial charge is 0.495 e. The molecule has 5 heteroatoms. The fourth-order valence-electron chi connectivity index (χ4n) is 1.98. The summed E-state index contributed by atoms with van der Waals surface area (Å²) in [5, 5.41) is 0.726. The van der Waals surface area contributed by atoms with Crippen molar-refractivity contribution in [3.63, 3.8) is 0 Å². The molecule has 0 atom stereocenters. The van der Waals surface area contributed by atoms with Gasteiger partial charge in [-0.05, 0) is 32.0 Å². The molecule has 1 aromatic heterocycles. The van der Waals surface area contributed by atoms with Gasteiger partial charge in [-0.25, -0.2) is 4.79 Å². The van der Waals surface area contributed by atoms with E-state index in [9.17, 15) is 4.79 Å². The van der Waals surface area contributed by atoms with E-state index in [1.165, 1.54) is 13.3 Å². The highest BCUT2D eigenvalue weighted by molar-refractivity contribution is 6.00. The van der Waals surface area contributed by atoms with Gasteiger partial charge >= 0.3 is 5.97 Å². The fraction of sp³-hybridized carbons (Fsp3) is 0.333. The quantitative estimate of drug-likeness (QED) is 0.785. The maximum atomic E-state index is 11.9. The third kappa shape index (κ3) is 2.66. The molecule has 0 amide bonds. The summed E-state index contributed by atoms with van der Waals surface area (Å²) in [6.07, 6.45) is 1.47. The first-order valence-corrected chi connectivity index (χ1v) is 6.47. The van der Waals surface area contributed by atoms with Crippen LogP contribution in [0.4, 0.5) is 0 Å². The molecule has 106 valence electrons. The molecule has 5 nitrogen and oxygen atoms in total. The predicted molar refractivity (Wildman–Crippen MR) is 75.4 cm³/mol. The number of fused-ring (bicyclic) bond motifs is 1. The van der Waals surface area contributed by atoms with E-state index >= 15 is 0 Å². The van der Waals surface area contributed by atoms with Crippen LogP contribution in [0.5, 0.6) is 11.5 Å². The molecule has 0 radical (unpaired) electrons. The third-order valence-corrected chi connectivity index (χ3v) is 2.80. The summed E-state index contributed by atoms with van der Waals surface area (Å²) >= 11 is 0. The molecular weight excluding hydrogens is 258 g/mol. The Balaban J connectivity index is 2.58. The van der Waals surface area contributed by atoms with Crippen LogP contribution in [0.3, 0.4) is 0 Å². The van der Waals surface area contributed by atoms with Gasteiger partial charge < -0.3 is 14.2 Å². The van der Waals surface area contributed by atoms with E-state index in [1.807, 2.05) is 25.1 Å². The molecule has 0 spiro atoms. The number of nitrogens with zero attached hydrogens (tertiary/aromatic N) is 1. The van der Waals surface area contributed by atoms with Crippen LogP contribution in [-0.4, -0.2) is 31.3 Å². The lowest BCUT2D eigenvalue weighted by atomic mass is 10.1. The third-order valence-electron chi connectivity index (χ3n) is 2.80. The molecule has 1 aromatic carbocycles. The first-order chi connectivity index (χ1) is 9.71. The average Bonchev–Trinajstić information content (AvgIpc) is 2.46. The number of ether oxygens (including phenoxy) is 3. The van der Waals surface area contributed by atoms with Gasteiger partial charge in [0.15, 0.2) is 0 Å². The van der Waals surface area contributed by atoms with Crippen molar-refractivity contribution in [2.75, 3.05) is 20.3 Å². The second-order valence-electron chi connectivity index (χ2n) is 4.04. The van der Waals surface area contributed by atoms with Gasteiger partial charge in [0.05, 0.1) is 25.8 Å². The van der Waals surface area contributed by atoms with Gasteiger partial charge in [0.25, 0.3) is 0 Å². The van der Waals surface area contributed by atoms with Crippen LogP contribution in [0, 0.1) is 0 Å². The number of aromatic nitrogens is 1. The number of esters is 1. The van der Waals surface area contributed by atoms with Crippen molar-refractivity contribution in [1.29, 1.82) is 0 Å². The molecule has 2 aromatic rings. The second-order valence-corrected chi connectivity index (χ2v) is 4.04. The van der Waals surface area contributed by atoms with Gasteiger partial charge in [0.1, 0.15) is 17.1 Å². The molecule has 0 aliphatic carbocycles. The van der Waals surface area contributed by atoms with Crippen molar-refractivity contribution in [2.45, 2.75) is 13.8 Å². The molecule has 1 heterocycles. The highest BCUT2D eigenvalue weighted by atomic mass is 16.5. The smallest absolute Gasteiger partial charge is 0.343 e. The number of hydrogen-bond donors (Lipinski definition) is 0. The molecule has 0 aliphatic heterocycles. The van der Waals surface area contributed by atoms with E-state index in [2.05, 4.69) is 4.98 Å². The molecule has 0 aliphatic rings. The monoisotopic (exact) mass is 275 g/mol. The van der Waals surface area contributed by atoms with Crippen molar-refractivity contribution in [1.82, 2.24) is 4.98 Å². The Morgan fingerprint density at radius 2 is 2.05 bits per heavy atom. The normalized spacial score (nSPS) is 10.3. The van der Waals surface area contributed by atoms with Crippen molar-refractivity contribution in [3.8, 4) is 11.5 Å². The summed E-state index contributed by atoms with van der Waals surface area (Å²) in [6, 6.07) is 5.48. The van der Waals surface area contributed by atoms with E-state index in [0.29, 0.717) is 30.3 Å². The summed E-state index contributed by atoms with van der Waals surface area (Å²) < 4.78 is 15.8. The summed E-state index contributed by atoms with van der Waals surface area (Å²) in [5.74, 6) is 0.719. The first kappa shape index (κ1) is 14.1. The lowest BCUT2D eigenvalue weighted by Gasteiger charge is -2.11. The first-order valence-electron chi connectivity index (χ1n) is 6.47. The molecule has 0 unspecified atom stereocenters. The molecule has 20 heavy (non-hydrogen) atoms. The van der Waals surface area contributed by atoms with E-state index < -0.39 is 5.97 Å². The molecular formula is C15H17NO4. The fourth-order valence-corrected chi connectivity index (χ4v) is 1.98. The predicted octanol–water partition coefficient (Wildman–Crippen LogP) is 2.82. The maximum absolute atomic E-state index is 11.9. The van der Waals surface area contributed by atoms with E-state index in [1.54, 1.807) is 6.92 Å². The number of pyridine rings is 1. The van der Waals surface area contributed by atoms with Crippen LogP contribution in [0.15, 0.2) is 24.4 Å². The molecule has 0 fully saturated rings. The van der Waals surface area contributed by atoms with Gasteiger partial charge in [0.2, 0.25) is 0 Å². The Kier molecular flexibility index (Phi) is 4.40. The summed E-state index contributed by atoms with van der Waals surface area (Å²) in [5.41, 5.74) is 1.05. The van der Waals surface area contributed by atoms with Gasteiger partial charge in [-0.15, -0.1) is 0 Å². The number of carbonyl (C=O) groups is 1. The lowest BCUT2D eigenvalue weighted by Crippen LogP contribution is -2.08. The number of methoxy groups -OCH3 is 1. The molecule has 0 saturated carbocycles. The van der Waals surface area contributed by atoms with Crippen LogP contribution < -0.4 is 9.47 Å². The summed E-state index contributed by atoms with van der Waals surface area (Å²) in [4.78, 5) is 16.2. The SMILES string of the molecule is CCOC(=O)c1cnc2ccc(OCC)cc2c1OC. The van der Waals surface area contributed by atoms with Gasteiger partial charge in [-0.2, -0.15) is 0 Å². The van der Waals surface area contributed by atoms with E-state index in [4.69, 9.17) is 14.2 Å². The van der Waals surface area contributed by atoms with Crippen LogP contribution in [0.1, 0.15) is 24.2 Å². The van der Waals surface area contributed by atoms with Gasteiger partial charge in [-0.1, -0.05) is 0 Å². The minimum Gasteiger partial charge on any atom is -0.495 e. The Morgan fingerprint density at radius 3 is 2.70 bits per heavy atom. The standard InChI is InChI=1S/C15H17NO4/c1-4-19-10-6-7-13-11(8-10)14(18-3)12(9-16-13)15(17)20-5-2/h6-9H,4-5H2,1-3H3. The number of hydrogen-bond acceptors (Lipinski definition) is 5. The Bertz CT molecular complexity index is 625. The number of rotatable bonds is 5. The van der Waals surface area contributed by atoms with Gasteiger partial charge in [-0.3, -0.25) is 4.98 Å².